The molecule has 0 radical (unpaired) electrons. The molecule has 0 aliphatic carbocycles. The van der Waals surface area contributed by atoms with E-state index in [1.807, 2.05) is 0 Å². The Hall–Kier alpha value is -3.02. The van der Waals surface area contributed by atoms with Crippen molar-refractivity contribution < 1.29 is 33.9 Å². The summed E-state index contributed by atoms with van der Waals surface area (Å²) in [5.41, 5.74) is 5.02. The second-order valence-electron chi connectivity index (χ2n) is 4.44. The lowest BCUT2D eigenvalue weighted by Crippen LogP contribution is -2.46. The number of nitrogens with one attached hydrogen (secondary N) is 4. The summed E-state index contributed by atoms with van der Waals surface area (Å²) in [4.78, 5) is 65.9. The number of rotatable bonds is 11. The third-order valence-corrected chi connectivity index (χ3v) is 2.43. The zero-order valence-corrected chi connectivity index (χ0v) is 12.7. The van der Waals surface area contributed by atoms with E-state index >= 15 is 0 Å². The first-order valence-electron chi connectivity index (χ1n) is 6.75. The van der Waals surface area contributed by atoms with Crippen LogP contribution >= 0.6 is 0 Å². The van der Waals surface area contributed by atoms with E-state index in [9.17, 15) is 28.8 Å². The van der Waals surface area contributed by atoms with E-state index in [1.165, 1.54) is 0 Å². The largest absolute Gasteiger partial charge is 0.481 e. The molecule has 1 unspecified atom stereocenters. The second kappa shape index (κ2) is 11.5. The molecule has 0 aromatic rings. The van der Waals surface area contributed by atoms with Crippen molar-refractivity contribution in [3.63, 3.8) is 0 Å². The molecule has 0 spiro atoms. The SMILES string of the molecule is NCC(=O)NCC(=O)NCC(=O)NCC(=O)NC(C=O)CC(=O)O. The van der Waals surface area contributed by atoms with Gasteiger partial charge in [0.05, 0.1) is 38.6 Å². The highest BCUT2D eigenvalue weighted by Crippen LogP contribution is 1.87. The lowest BCUT2D eigenvalue weighted by molar-refractivity contribution is -0.139. The van der Waals surface area contributed by atoms with Crippen molar-refractivity contribution in [1.29, 1.82) is 0 Å². The summed E-state index contributed by atoms with van der Waals surface area (Å²) >= 11 is 0. The topological polar surface area (TPSA) is 197 Å². The fraction of sp³-hybridized carbons (Fsp3) is 0.500. The molecule has 24 heavy (non-hydrogen) atoms. The molecule has 0 bridgehead atoms. The van der Waals surface area contributed by atoms with Crippen LogP contribution < -0.4 is 27.0 Å². The van der Waals surface area contributed by atoms with Crippen LogP contribution in [0.3, 0.4) is 0 Å². The molecule has 0 aromatic heterocycles. The highest BCUT2D eigenvalue weighted by Gasteiger charge is 2.15. The van der Waals surface area contributed by atoms with Crippen LogP contribution in [0.15, 0.2) is 0 Å². The van der Waals surface area contributed by atoms with Gasteiger partial charge in [-0.3, -0.25) is 24.0 Å². The fourth-order valence-electron chi connectivity index (χ4n) is 1.31. The molecule has 0 aliphatic heterocycles. The van der Waals surface area contributed by atoms with Crippen LogP contribution in [0.1, 0.15) is 6.42 Å². The van der Waals surface area contributed by atoms with Crippen molar-refractivity contribution in [2.75, 3.05) is 26.2 Å². The smallest absolute Gasteiger partial charge is 0.305 e. The molecular weight excluding hydrogens is 326 g/mol. The Balaban J connectivity index is 3.97. The van der Waals surface area contributed by atoms with Crippen molar-refractivity contribution in [2.45, 2.75) is 12.5 Å². The van der Waals surface area contributed by atoms with Gasteiger partial charge in [0, 0.05) is 0 Å². The summed E-state index contributed by atoms with van der Waals surface area (Å²) in [6.45, 7) is -1.55. The minimum Gasteiger partial charge on any atom is -0.481 e. The summed E-state index contributed by atoms with van der Waals surface area (Å²) < 4.78 is 0. The number of nitrogens with two attached hydrogens (primary N) is 1. The lowest BCUT2D eigenvalue weighted by atomic mass is 10.2. The third kappa shape index (κ3) is 10.7. The molecule has 0 heterocycles. The van der Waals surface area contributed by atoms with Crippen molar-refractivity contribution in [3.05, 3.63) is 0 Å². The summed E-state index contributed by atoms with van der Waals surface area (Å²) in [7, 11) is 0. The number of amides is 4. The Morgan fingerprint density at radius 3 is 1.75 bits per heavy atom. The van der Waals surface area contributed by atoms with E-state index in [2.05, 4.69) is 21.3 Å². The van der Waals surface area contributed by atoms with Crippen LogP contribution in [0.4, 0.5) is 0 Å². The van der Waals surface area contributed by atoms with Crippen molar-refractivity contribution in [3.8, 4) is 0 Å². The molecule has 4 amide bonds. The monoisotopic (exact) mass is 345 g/mol. The Morgan fingerprint density at radius 2 is 1.33 bits per heavy atom. The average Bonchev–Trinajstić information content (AvgIpc) is 2.54. The number of aldehydes is 1. The van der Waals surface area contributed by atoms with Crippen LogP contribution in [0.5, 0.6) is 0 Å². The van der Waals surface area contributed by atoms with E-state index in [0.717, 1.165) is 0 Å². The molecule has 0 aromatic carbocycles. The van der Waals surface area contributed by atoms with Gasteiger partial charge in [-0.25, -0.2) is 0 Å². The number of hydrogen-bond acceptors (Lipinski definition) is 7. The van der Waals surface area contributed by atoms with Crippen molar-refractivity contribution >= 4 is 35.9 Å². The molecule has 0 saturated heterocycles. The van der Waals surface area contributed by atoms with Gasteiger partial charge in [0.25, 0.3) is 0 Å². The van der Waals surface area contributed by atoms with Gasteiger partial charge < -0.3 is 36.9 Å². The summed E-state index contributed by atoms with van der Waals surface area (Å²) in [5.74, 6) is -3.87. The number of carboxylic acids is 1. The van der Waals surface area contributed by atoms with Crippen LogP contribution in [0.25, 0.3) is 0 Å². The first-order chi connectivity index (χ1) is 11.3. The maximum Gasteiger partial charge on any atom is 0.305 e. The lowest BCUT2D eigenvalue weighted by Gasteiger charge is -2.11. The minimum atomic E-state index is -1.26. The van der Waals surface area contributed by atoms with E-state index < -0.39 is 55.2 Å². The van der Waals surface area contributed by atoms with Crippen molar-refractivity contribution in [1.82, 2.24) is 21.3 Å². The Kier molecular flexibility index (Phi) is 10.1. The number of carboxylic acid groups (broad SMARTS) is 1. The molecule has 1 atom stereocenters. The van der Waals surface area contributed by atoms with Gasteiger partial charge in [-0.1, -0.05) is 0 Å². The van der Waals surface area contributed by atoms with Crippen LogP contribution in [-0.4, -0.2) is 73.2 Å². The van der Waals surface area contributed by atoms with Crippen LogP contribution in [0, 0.1) is 0 Å². The maximum atomic E-state index is 11.4. The second-order valence-corrected chi connectivity index (χ2v) is 4.44. The van der Waals surface area contributed by atoms with Gasteiger partial charge in [-0.05, 0) is 0 Å². The van der Waals surface area contributed by atoms with E-state index in [-0.39, 0.29) is 19.4 Å². The van der Waals surface area contributed by atoms with Gasteiger partial charge in [0.1, 0.15) is 6.29 Å². The predicted octanol–water partition coefficient (Wildman–Crippen LogP) is -4.55. The standard InChI is InChI=1S/C12H19N5O7/c13-2-8(19)14-3-9(20)15-4-10(21)16-5-11(22)17-7(6-18)1-12(23)24/h6-7H,1-5,13H2,(H,14,19)(H,15,20)(H,16,21)(H,17,22)(H,23,24). The van der Waals surface area contributed by atoms with E-state index in [0.29, 0.717) is 0 Å². The molecule has 0 aliphatic rings. The highest BCUT2D eigenvalue weighted by atomic mass is 16.4. The number of hydrogen-bond donors (Lipinski definition) is 6. The quantitative estimate of drug-likeness (QED) is 0.201. The van der Waals surface area contributed by atoms with Gasteiger partial charge >= 0.3 is 5.97 Å². The van der Waals surface area contributed by atoms with Gasteiger partial charge in [0.15, 0.2) is 0 Å². The van der Waals surface area contributed by atoms with Gasteiger partial charge in [0.2, 0.25) is 23.6 Å². The summed E-state index contributed by atoms with van der Waals surface area (Å²) in [5, 5.41) is 17.2. The maximum absolute atomic E-state index is 11.4. The zero-order valence-electron chi connectivity index (χ0n) is 12.7. The van der Waals surface area contributed by atoms with E-state index in [1.54, 1.807) is 0 Å². The predicted molar refractivity (Wildman–Crippen MR) is 78.3 cm³/mol. The Morgan fingerprint density at radius 1 is 0.875 bits per heavy atom. The van der Waals surface area contributed by atoms with Gasteiger partial charge in [-0.2, -0.15) is 0 Å². The molecular formula is C12H19N5O7. The first kappa shape index (κ1) is 21.0. The molecule has 0 rings (SSSR count). The Bertz CT molecular complexity index is 508. The summed E-state index contributed by atoms with van der Waals surface area (Å²) in [6.07, 6.45) is -0.308. The molecule has 7 N–H and O–H groups in total. The summed E-state index contributed by atoms with van der Waals surface area (Å²) in [6, 6.07) is -1.20. The number of carbonyl (C=O) groups excluding carboxylic acids is 5. The number of carbonyl (C=O) groups is 6. The normalized spacial score (nSPS) is 10.9. The fourth-order valence-corrected chi connectivity index (χ4v) is 1.31. The van der Waals surface area contributed by atoms with Gasteiger partial charge in [-0.15, -0.1) is 0 Å². The number of aliphatic carboxylic acids is 1. The molecule has 134 valence electrons. The third-order valence-electron chi connectivity index (χ3n) is 2.43. The molecule has 12 heteroatoms. The van der Waals surface area contributed by atoms with Crippen molar-refractivity contribution in [2.24, 2.45) is 5.73 Å². The van der Waals surface area contributed by atoms with Crippen LogP contribution in [0.2, 0.25) is 0 Å². The highest BCUT2D eigenvalue weighted by molar-refractivity contribution is 5.90. The molecule has 0 saturated carbocycles. The minimum absolute atomic E-state index is 0.268. The van der Waals surface area contributed by atoms with Crippen LogP contribution in [-0.2, 0) is 28.8 Å². The average molecular weight is 345 g/mol. The molecule has 0 fully saturated rings. The Labute approximate surface area is 136 Å². The van der Waals surface area contributed by atoms with E-state index in [4.69, 9.17) is 10.8 Å². The zero-order chi connectivity index (χ0) is 18.5. The first-order valence-corrected chi connectivity index (χ1v) is 6.75. The molecule has 12 nitrogen and oxygen atoms in total.